The first kappa shape index (κ1) is 24.4. The van der Waals surface area contributed by atoms with E-state index in [1.165, 1.54) is 7.11 Å². The molecule has 1 unspecified atom stereocenters. The summed E-state index contributed by atoms with van der Waals surface area (Å²) in [5.74, 6) is -1.30. The summed E-state index contributed by atoms with van der Waals surface area (Å²) >= 11 is 6.02. The molecule has 7 nitrogen and oxygen atoms in total. The van der Waals surface area contributed by atoms with Crippen molar-refractivity contribution in [1.29, 1.82) is 5.26 Å². The van der Waals surface area contributed by atoms with Crippen LogP contribution in [0.5, 0.6) is 5.75 Å². The highest BCUT2D eigenvalue weighted by atomic mass is 35.5. The van der Waals surface area contributed by atoms with Crippen molar-refractivity contribution in [2.24, 2.45) is 5.41 Å². The number of rotatable bonds is 5. The Bertz CT molecular complexity index is 1410. The van der Waals surface area contributed by atoms with Gasteiger partial charge in [-0.1, -0.05) is 48.0 Å². The van der Waals surface area contributed by atoms with E-state index in [1.54, 1.807) is 61.8 Å². The van der Waals surface area contributed by atoms with E-state index in [0.717, 1.165) is 11.1 Å². The summed E-state index contributed by atoms with van der Waals surface area (Å²) in [5, 5.41) is 14.3. The molecule has 3 aromatic carbocycles. The number of fused-ring (bicyclic) bond motifs is 3. The third-order valence-corrected chi connectivity index (χ3v) is 7.39. The first-order chi connectivity index (χ1) is 17.9. The minimum atomic E-state index is -1.72. The molecule has 2 aliphatic rings. The first-order valence-corrected chi connectivity index (χ1v) is 12.1. The fraction of sp³-hybridized carbons (Fsp3) is 0.207. The van der Waals surface area contributed by atoms with E-state index >= 15 is 0 Å². The molecular formula is C29H24ClN3O4. The highest BCUT2D eigenvalue weighted by Crippen LogP contribution is 2.60. The summed E-state index contributed by atoms with van der Waals surface area (Å²) in [6.07, 6.45) is 3.68. The number of carbonyl (C=O) groups excluding carboxylic acids is 2. The molecule has 8 heteroatoms. The Balaban J connectivity index is 1.72. The Hall–Kier alpha value is -4.28. The van der Waals surface area contributed by atoms with E-state index in [-0.39, 0.29) is 5.91 Å². The zero-order valence-corrected chi connectivity index (χ0v) is 21.0. The number of halogens is 1. The van der Waals surface area contributed by atoms with Crippen LogP contribution in [0.4, 0.5) is 5.69 Å². The van der Waals surface area contributed by atoms with Gasteiger partial charge in [-0.3, -0.25) is 9.59 Å². The summed E-state index contributed by atoms with van der Waals surface area (Å²) in [6.45, 7) is 0. The molecule has 5 rings (SSSR count). The van der Waals surface area contributed by atoms with Gasteiger partial charge < -0.3 is 19.7 Å². The third kappa shape index (κ3) is 3.90. The van der Waals surface area contributed by atoms with Crippen molar-refractivity contribution in [3.05, 3.63) is 101 Å². The molecule has 2 aliphatic heterocycles. The number of carbonyl (C=O) groups is 2. The van der Waals surface area contributed by atoms with Crippen LogP contribution in [0.2, 0.25) is 5.02 Å². The van der Waals surface area contributed by atoms with Crippen molar-refractivity contribution >= 4 is 35.2 Å². The molecule has 0 saturated carbocycles. The van der Waals surface area contributed by atoms with E-state index < -0.39 is 29.4 Å². The monoisotopic (exact) mass is 513 g/mol. The Labute approximate surface area is 219 Å². The van der Waals surface area contributed by atoms with Gasteiger partial charge in [-0.15, -0.1) is 0 Å². The van der Waals surface area contributed by atoms with Crippen molar-refractivity contribution in [2.45, 2.75) is 18.0 Å². The van der Waals surface area contributed by atoms with Crippen molar-refractivity contribution in [3.8, 4) is 11.8 Å². The first-order valence-electron chi connectivity index (χ1n) is 11.7. The Morgan fingerprint density at radius 3 is 2.38 bits per heavy atom. The van der Waals surface area contributed by atoms with E-state index in [0.29, 0.717) is 22.0 Å². The maximum absolute atomic E-state index is 14.0. The van der Waals surface area contributed by atoms with Crippen molar-refractivity contribution in [3.63, 3.8) is 0 Å². The van der Waals surface area contributed by atoms with Crippen LogP contribution >= 0.6 is 11.6 Å². The molecule has 0 spiro atoms. The summed E-state index contributed by atoms with van der Waals surface area (Å²) in [6, 6.07) is 22.1. The minimum Gasteiger partial charge on any atom is -0.497 e. The number of nitriles is 1. The van der Waals surface area contributed by atoms with Gasteiger partial charge in [0.25, 0.3) is 0 Å². The summed E-state index contributed by atoms with van der Waals surface area (Å²) in [4.78, 5) is 29.4. The van der Waals surface area contributed by atoms with Gasteiger partial charge in [0, 0.05) is 22.8 Å². The SMILES string of the molecule is COC(=O)[C@@]1(C#N)C2c3ccccc3C=CN2[C@H](C(=O)Nc2ccc(Cl)cc2)[C@H]1c1ccc(OC)cc1. The highest BCUT2D eigenvalue weighted by molar-refractivity contribution is 6.30. The number of anilines is 1. The smallest absolute Gasteiger partial charge is 0.329 e. The molecule has 0 aromatic heterocycles. The van der Waals surface area contributed by atoms with Crippen LogP contribution in [0.1, 0.15) is 28.7 Å². The lowest BCUT2D eigenvalue weighted by Crippen LogP contribution is -2.42. The van der Waals surface area contributed by atoms with E-state index in [1.807, 2.05) is 35.2 Å². The molecule has 0 radical (unpaired) electrons. The standard InChI is InChI=1S/C29H24ClN3O4/c1-36-22-13-7-19(8-14-22)24-25(27(34)32-21-11-9-20(30)10-12-21)33-16-15-18-5-3-4-6-23(18)26(33)29(24,17-31)28(35)37-2/h3-16,24-26H,1-2H3,(H,32,34)/t24-,25+,26?,29-/m1/s1. The lowest BCUT2D eigenvalue weighted by molar-refractivity contribution is -0.151. The quantitative estimate of drug-likeness (QED) is 0.474. The van der Waals surface area contributed by atoms with Crippen LogP contribution in [0.3, 0.4) is 0 Å². The predicted octanol–water partition coefficient (Wildman–Crippen LogP) is 5.16. The van der Waals surface area contributed by atoms with Crippen LogP contribution in [0.25, 0.3) is 6.08 Å². The largest absolute Gasteiger partial charge is 0.497 e. The number of amides is 1. The Morgan fingerprint density at radius 1 is 1.03 bits per heavy atom. The number of hydrogen-bond donors (Lipinski definition) is 1. The fourth-order valence-corrected chi connectivity index (χ4v) is 5.65. The lowest BCUT2D eigenvalue weighted by Gasteiger charge is -2.35. The Morgan fingerprint density at radius 2 is 1.73 bits per heavy atom. The van der Waals surface area contributed by atoms with E-state index in [4.69, 9.17) is 21.1 Å². The Kier molecular flexibility index (Phi) is 6.36. The molecule has 0 bridgehead atoms. The summed E-state index contributed by atoms with van der Waals surface area (Å²) < 4.78 is 10.6. The van der Waals surface area contributed by atoms with Crippen LogP contribution in [0.15, 0.2) is 79.0 Å². The topological polar surface area (TPSA) is 91.7 Å². The van der Waals surface area contributed by atoms with Gasteiger partial charge >= 0.3 is 5.97 Å². The van der Waals surface area contributed by atoms with Crippen LogP contribution < -0.4 is 10.1 Å². The molecular weight excluding hydrogens is 490 g/mol. The van der Waals surface area contributed by atoms with Gasteiger partial charge in [0.15, 0.2) is 5.41 Å². The average Bonchev–Trinajstić information content (AvgIpc) is 3.25. The van der Waals surface area contributed by atoms with E-state index in [2.05, 4.69) is 11.4 Å². The fourth-order valence-electron chi connectivity index (χ4n) is 5.53. The normalized spacial score (nSPS) is 23.4. The van der Waals surface area contributed by atoms with Gasteiger partial charge in [-0.2, -0.15) is 5.26 Å². The van der Waals surface area contributed by atoms with Crippen LogP contribution in [-0.4, -0.2) is 37.0 Å². The minimum absolute atomic E-state index is 0.363. The zero-order chi connectivity index (χ0) is 26.2. The second-order valence-electron chi connectivity index (χ2n) is 8.96. The molecule has 2 heterocycles. The molecule has 37 heavy (non-hydrogen) atoms. The van der Waals surface area contributed by atoms with Crippen molar-refractivity contribution in [2.75, 3.05) is 19.5 Å². The molecule has 1 saturated heterocycles. The molecule has 186 valence electrons. The van der Waals surface area contributed by atoms with Crippen molar-refractivity contribution in [1.82, 2.24) is 4.90 Å². The predicted molar refractivity (Wildman–Crippen MR) is 140 cm³/mol. The molecule has 1 fully saturated rings. The van der Waals surface area contributed by atoms with Gasteiger partial charge in [0.2, 0.25) is 5.91 Å². The molecule has 1 amide bonds. The number of nitrogens with one attached hydrogen (secondary N) is 1. The number of ether oxygens (including phenoxy) is 2. The van der Waals surface area contributed by atoms with Gasteiger partial charge in [0.1, 0.15) is 11.8 Å². The number of esters is 1. The molecule has 0 aliphatic carbocycles. The molecule has 1 N–H and O–H groups in total. The molecule has 4 atom stereocenters. The van der Waals surface area contributed by atoms with Gasteiger partial charge in [-0.25, -0.2) is 0 Å². The number of nitrogens with zero attached hydrogens (tertiary/aromatic N) is 2. The van der Waals surface area contributed by atoms with Gasteiger partial charge in [0.05, 0.1) is 26.3 Å². The second-order valence-corrected chi connectivity index (χ2v) is 9.40. The zero-order valence-electron chi connectivity index (χ0n) is 20.2. The number of benzene rings is 3. The second kappa shape index (κ2) is 9.64. The maximum atomic E-state index is 14.0. The van der Waals surface area contributed by atoms with Gasteiger partial charge in [-0.05, 0) is 59.2 Å². The van der Waals surface area contributed by atoms with Crippen molar-refractivity contribution < 1.29 is 19.1 Å². The van der Waals surface area contributed by atoms with Crippen LogP contribution in [0, 0.1) is 16.7 Å². The third-order valence-electron chi connectivity index (χ3n) is 7.14. The number of hydrogen-bond acceptors (Lipinski definition) is 6. The van der Waals surface area contributed by atoms with Crippen LogP contribution in [-0.2, 0) is 14.3 Å². The highest BCUT2D eigenvalue weighted by Gasteiger charge is 2.67. The summed E-state index contributed by atoms with van der Waals surface area (Å²) in [5.41, 5.74) is 1.13. The number of methoxy groups -OCH3 is 2. The lowest BCUT2D eigenvalue weighted by atomic mass is 9.67. The van der Waals surface area contributed by atoms with E-state index in [9.17, 15) is 14.9 Å². The molecule has 3 aromatic rings. The summed E-state index contributed by atoms with van der Waals surface area (Å²) in [7, 11) is 2.82. The average molecular weight is 514 g/mol. The maximum Gasteiger partial charge on any atom is 0.329 e.